The van der Waals surface area contributed by atoms with Crippen LogP contribution in [0.15, 0.2) is 35.7 Å². The van der Waals surface area contributed by atoms with Crippen LogP contribution in [0.2, 0.25) is 0 Å². The van der Waals surface area contributed by atoms with Gasteiger partial charge in [0.1, 0.15) is 10.8 Å². The van der Waals surface area contributed by atoms with Crippen LogP contribution >= 0.6 is 11.3 Å². The zero-order valence-corrected chi connectivity index (χ0v) is 12.1. The maximum absolute atomic E-state index is 11.7. The number of hydrogen-bond donors (Lipinski definition) is 3. The number of benzene rings is 1. The lowest BCUT2D eigenvalue weighted by atomic mass is 10.2. The lowest BCUT2D eigenvalue weighted by Gasteiger charge is -2.06. The Hall–Kier alpha value is -2.87. The number of esters is 1. The van der Waals surface area contributed by atoms with Crippen LogP contribution in [-0.4, -0.2) is 29.5 Å². The molecule has 0 bridgehead atoms. The summed E-state index contributed by atoms with van der Waals surface area (Å²) in [6, 6.07) is 6.91. The number of hydrogen-bond acceptors (Lipinski definition) is 6. The van der Waals surface area contributed by atoms with Crippen molar-refractivity contribution in [1.29, 1.82) is 0 Å². The van der Waals surface area contributed by atoms with Gasteiger partial charge in [-0.3, -0.25) is 9.59 Å². The summed E-state index contributed by atoms with van der Waals surface area (Å²) in [5, 5.41) is 13.5. The van der Waals surface area contributed by atoms with Crippen molar-refractivity contribution in [3.63, 3.8) is 0 Å². The Bertz CT molecular complexity index is 708. The lowest BCUT2D eigenvalue weighted by Crippen LogP contribution is -2.22. The summed E-state index contributed by atoms with van der Waals surface area (Å²) in [5.41, 5.74) is 5.56. The molecule has 0 saturated carbocycles. The molecular weight excluding hydrogens is 308 g/mol. The van der Waals surface area contributed by atoms with E-state index in [2.05, 4.69) is 5.32 Å². The largest absolute Gasteiger partial charge is 0.508 e. The second-order valence-corrected chi connectivity index (χ2v) is 5.11. The Morgan fingerprint density at radius 2 is 1.86 bits per heavy atom. The van der Waals surface area contributed by atoms with Crippen LogP contribution in [0.1, 0.15) is 20.7 Å². The summed E-state index contributed by atoms with van der Waals surface area (Å²) in [5.74, 6) is -1.92. The molecule has 0 unspecified atom stereocenters. The van der Waals surface area contributed by atoms with E-state index in [9.17, 15) is 14.4 Å². The van der Waals surface area contributed by atoms with Gasteiger partial charge in [0.15, 0.2) is 6.61 Å². The van der Waals surface area contributed by atoms with Crippen molar-refractivity contribution in [1.82, 2.24) is 0 Å². The molecule has 2 aromatic rings. The molecule has 0 fully saturated rings. The highest BCUT2D eigenvalue weighted by Gasteiger charge is 2.14. The molecule has 0 aliphatic carbocycles. The molecule has 1 aromatic heterocycles. The molecule has 7 nitrogen and oxygen atoms in total. The third-order valence-corrected chi connectivity index (χ3v) is 3.45. The van der Waals surface area contributed by atoms with E-state index in [-0.39, 0.29) is 16.9 Å². The summed E-state index contributed by atoms with van der Waals surface area (Å²) < 4.78 is 4.83. The number of amides is 2. The van der Waals surface area contributed by atoms with Gasteiger partial charge in [-0.25, -0.2) is 4.79 Å². The van der Waals surface area contributed by atoms with Gasteiger partial charge in [-0.05, 0) is 35.7 Å². The first-order valence-corrected chi connectivity index (χ1v) is 6.98. The fraction of sp³-hybridized carbons (Fsp3) is 0.0714. The van der Waals surface area contributed by atoms with Gasteiger partial charge in [0.25, 0.3) is 11.8 Å². The number of ether oxygens (including phenoxy) is 1. The summed E-state index contributed by atoms with van der Waals surface area (Å²) in [7, 11) is 0. The Kier molecular flexibility index (Phi) is 4.74. The Balaban J connectivity index is 1.90. The van der Waals surface area contributed by atoms with Crippen LogP contribution in [0.25, 0.3) is 0 Å². The Morgan fingerprint density at radius 3 is 2.50 bits per heavy atom. The maximum Gasteiger partial charge on any atom is 0.338 e. The van der Waals surface area contributed by atoms with Gasteiger partial charge in [0.05, 0.1) is 11.1 Å². The van der Waals surface area contributed by atoms with E-state index in [0.29, 0.717) is 5.00 Å². The van der Waals surface area contributed by atoms with Crippen LogP contribution in [0, 0.1) is 0 Å². The maximum atomic E-state index is 11.7. The quantitative estimate of drug-likeness (QED) is 0.718. The minimum Gasteiger partial charge on any atom is -0.508 e. The minimum absolute atomic E-state index is 0.0194. The van der Waals surface area contributed by atoms with Gasteiger partial charge >= 0.3 is 5.97 Å². The van der Waals surface area contributed by atoms with E-state index < -0.39 is 24.4 Å². The van der Waals surface area contributed by atoms with Crippen LogP contribution in [0.4, 0.5) is 5.00 Å². The number of anilines is 1. The van der Waals surface area contributed by atoms with Gasteiger partial charge in [-0.15, -0.1) is 11.3 Å². The van der Waals surface area contributed by atoms with Gasteiger partial charge in [0.2, 0.25) is 0 Å². The monoisotopic (exact) mass is 320 g/mol. The molecule has 0 atom stereocenters. The zero-order valence-electron chi connectivity index (χ0n) is 11.2. The van der Waals surface area contributed by atoms with Crippen molar-refractivity contribution in [2.24, 2.45) is 5.73 Å². The molecule has 1 aromatic carbocycles. The minimum atomic E-state index is -0.698. The number of phenols is 1. The van der Waals surface area contributed by atoms with Crippen molar-refractivity contribution in [3.05, 3.63) is 46.8 Å². The third-order valence-electron chi connectivity index (χ3n) is 2.62. The molecule has 0 spiro atoms. The standard InChI is InChI=1S/C14H12N2O5S/c15-12(19)10-5-6-22-13(10)16-11(18)7-21-14(20)8-1-3-9(17)4-2-8/h1-6,17H,7H2,(H2,15,19)(H,16,18). The highest BCUT2D eigenvalue weighted by atomic mass is 32.1. The van der Waals surface area contributed by atoms with Crippen molar-refractivity contribution in [2.75, 3.05) is 11.9 Å². The van der Waals surface area contributed by atoms with Crippen molar-refractivity contribution >= 4 is 34.1 Å². The Morgan fingerprint density at radius 1 is 1.18 bits per heavy atom. The van der Waals surface area contributed by atoms with E-state index >= 15 is 0 Å². The molecule has 1 heterocycles. The second kappa shape index (κ2) is 6.72. The number of phenolic OH excluding ortho intramolecular Hbond substituents is 1. The van der Waals surface area contributed by atoms with E-state index in [0.717, 1.165) is 11.3 Å². The average molecular weight is 320 g/mol. The number of rotatable bonds is 5. The first kappa shape index (κ1) is 15.5. The highest BCUT2D eigenvalue weighted by Crippen LogP contribution is 2.22. The molecular formula is C14H12N2O5S. The van der Waals surface area contributed by atoms with Gasteiger partial charge in [-0.1, -0.05) is 0 Å². The predicted molar refractivity (Wildman–Crippen MR) is 79.9 cm³/mol. The van der Waals surface area contributed by atoms with Crippen LogP contribution in [0.5, 0.6) is 5.75 Å². The topological polar surface area (TPSA) is 119 Å². The molecule has 0 radical (unpaired) electrons. The van der Waals surface area contributed by atoms with E-state index in [4.69, 9.17) is 15.6 Å². The number of thiophene rings is 1. The number of nitrogens with two attached hydrogens (primary N) is 1. The highest BCUT2D eigenvalue weighted by molar-refractivity contribution is 7.14. The first-order chi connectivity index (χ1) is 10.5. The van der Waals surface area contributed by atoms with Crippen LogP contribution in [0.3, 0.4) is 0 Å². The molecule has 0 saturated heterocycles. The number of primary amides is 1. The first-order valence-electron chi connectivity index (χ1n) is 6.10. The molecule has 114 valence electrons. The number of carbonyl (C=O) groups is 3. The van der Waals surface area contributed by atoms with Crippen molar-refractivity contribution in [2.45, 2.75) is 0 Å². The average Bonchev–Trinajstić information content (AvgIpc) is 2.94. The molecule has 0 aliphatic heterocycles. The van der Waals surface area contributed by atoms with Gasteiger partial charge in [-0.2, -0.15) is 0 Å². The van der Waals surface area contributed by atoms with Crippen LogP contribution < -0.4 is 11.1 Å². The summed E-state index contributed by atoms with van der Waals surface area (Å²) in [4.78, 5) is 34.5. The van der Waals surface area contributed by atoms with E-state index in [1.54, 1.807) is 5.38 Å². The zero-order chi connectivity index (χ0) is 16.1. The summed E-state index contributed by atoms with van der Waals surface area (Å²) in [6.07, 6.45) is 0. The molecule has 22 heavy (non-hydrogen) atoms. The summed E-state index contributed by atoms with van der Waals surface area (Å²) in [6.45, 7) is -0.504. The Labute approximate surface area is 129 Å². The molecule has 2 rings (SSSR count). The fourth-order valence-corrected chi connectivity index (χ4v) is 2.38. The normalized spacial score (nSPS) is 10.0. The fourth-order valence-electron chi connectivity index (χ4n) is 1.57. The van der Waals surface area contributed by atoms with E-state index in [1.165, 1.54) is 30.3 Å². The number of nitrogens with one attached hydrogen (secondary N) is 1. The molecule has 4 N–H and O–H groups in total. The van der Waals surface area contributed by atoms with E-state index in [1.807, 2.05) is 0 Å². The number of aromatic hydroxyl groups is 1. The van der Waals surface area contributed by atoms with Crippen molar-refractivity contribution in [3.8, 4) is 5.75 Å². The number of carbonyl (C=O) groups excluding carboxylic acids is 3. The third kappa shape index (κ3) is 3.83. The second-order valence-electron chi connectivity index (χ2n) is 4.20. The molecule has 8 heteroatoms. The van der Waals surface area contributed by atoms with Crippen LogP contribution in [-0.2, 0) is 9.53 Å². The summed E-state index contributed by atoms with van der Waals surface area (Å²) >= 11 is 1.14. The van der Waals surface area contributed by atoms with Gasteiger partial charge < -0.3 is 20.9 Å². The predicted octanol–water partition coefficient (Wildman–Crippen LogP) is 1.35. The lowest BCUT2D eigenvalue weighted by molar-refractivity contribution is -0.119. The smallest absolute Gasteiger partial charge is 0.338 e. The van der Waals surface area contributed by atoms with Crippen molar-refractivity contribution < 1.29 is 24.2 Å². The molecule has 0 aliphatic rings. The van der Waals surface area contributed by atoms with Gasteiger partial charge in [0, 0.05) is 0 Å². The molecule has 2 amide bonds. The SMILES string of the molecule is NC(=O)c1ccsc1NC(=O)COC(=O)c1ccc(O)cc1.